The summed E-state index contributed by atoms with van der Waals surface area (Å²) in [6.45, 7) is 4.09. The Kier molecular flexibility index (Phi) is 5.81. The summed E-state index contributed by atoms with van der Waals surface area (Å²) in [5, 5.41) is 5.70. The van der Waals surface area contributed by atoms with Crippen LogP contribution in [0.4, 0.5) is 5.13 Å². The average Bonchev–Trinajstić information content (AvgIpc) is 3.18. The highest BCUT2D eigenvalue weighted by atomic mass is 32.1. The molecule has 2 saturated heterocycles. The third-order valence-electron chi connectivity index (χ3n) is 4.35. The van der Waals surface area contributed by atoms with Crippen molar-refractivity contribution in [2.24, 2.45) is 0 Å². The predicted octanol–water partition coefficient (Wildman–Crippen LogP) is 3.03. The SMILES string of the molecule is O=C(CC[C@@H]1CCCO1)Nc1nc(CN2CCCCC2)cs1. The van der Waals surface area contributed by atoms with E-state index in [0.29, 0.717) is 6.42 Å². The first-order valence-electron chi connectivity index (χ1n) is 8.38. The normalized spacial score (nSPS) is 22.8. The number of thiazole rings is 1. The van der Waals surface area contributed by atoms with Gasteiger partial charge in [-0.15, -0.1) is 11.3 Å². The van der Waals surface area contributed by atoms with Gasteiger partial charge in [0.2, 0.25) is 5.91 Å². The van der Waals surface area contributed by atoms with Crippen LogP contribution >= 0.6 is 11.3 Å². The first kappa shape index (κ1) is 15.9. The van der Waals surface area contributed by atoms with Crippen molar-refractivity contribution >= 4 is 22.4 Å². The van der Waals surface area contributed by atoms with Crippen molar-refractivity contribution in [2.45, 2.75) is 57.6 Å². The van der Waals surface area contributed by atoms with E-state index in [1.54, 1.807) is 0 Å². The second kappa shape index (κ2) is 8.04. The van der Waals surface area contributed by atoms with Crippen molar-refractivity contribution in [3.63, 3.8) is 0 Å². The molecule has 0 radical (unpaired) electrons. The number of hydrogen-bond donors (Lipinski definition) is 1. The van der Waals surface area contributed by atoms with Crippen molar-refractivity contribution in [3.05, 3.63) is 11.1 Å². The largest absolute Gasteiger partial charge is 0.378 e. The van der Waals surface area contributed by atoms with Crippen LogP contribution in [0.1, 0.15) is 50.6 Å². The molecule has 1 amide bonds. The first-order chi connectivity index (χ1) is 10.8. The third kappa shape index (κ3) is 4.76. The highest BCUT2D eigenvalue weighted by Gasteiger charge is 2.17. The number of amides is 1. The van der Waals surface area contributed by atoms with Gasteiger partial charge in [0, 0.05) is 25.0 Å². The molecule has 0 spiro atoms. The maximum absolute atomic E-state index is 12.0. The van der Waals surface area contributed by atoms with E-state index in [4.69, 9.17) is 4.74 Å². The molecule has 1 N–H and O–H groups in total. The number of carbonyl (C=O) groups excluding carboxylic acids is 1. The fraction of sp³-hybridized carbons (Fsp3) is 0.750. The van der Waals surface area contributed by atoms with Gasteiger partial charge in [-0.1, -0.05) is 6.42 Å². The number of aromatic nitrogens is 1. The van der Waals surface area contributed by atoms with Crippen LogP contribution in [0.3, 0.4) is 0 Å². The minimum atomic E-state index is 0.0503. The van der Waals surface area contributed by atoms with Gasteiger partial charge in [0.15, 0.2) is 5.13 Å². The Labute approximate surface area is 136 Å². The molecule has 0 saturated carbocycles. The minimum Gasteiger partial charge on any atom is -0.378 e. The molecule has 0 aliphatic carbocycles. The topological polar surface area (TPSA) is 54.5 Å². The summed E-state index contributed by atoms with van der Waals surface area (Å²) in [6, 6.07) is 0. The van der Waals surface area contributed by atoms with E-state index in [2.05, 4.69) is 20.6 Å². The number of carbonyl (C=O) groups is 1. The Morgan fingerprint density at radius 2 is 2.23 bits per heavy atom. The number of nitrogens with one attached hydrogen (secondary N) is 1. The molecule has 0 bridgehead atoms. The summed E-state index contributed by atoms with van der Waals surface area (Å²) < 4.78 is 5.54. The van der Waals surface area contributed by atoms with E-state index >= 15 is 0 Å². The van der Waals surface area contributed by atoms with Crippen molar-refractivity contribution in [2.75, 3.05) is 25.0 Å². The van der Waals surface area contributed by atoms with Crippen LogP contribution in [0, 0.1) is 0 Å². The second-order valence-corrected chi connectivity index (χ2v) is 7.06. The lowest BCUT2D eigenvalue weighted by Gasteiger charge is -2.25. The zero-order valence-corrected chi connectivity index (χ0v) is 13.9. The van der Waals surface area contributed by atoms with Crippen LogP contribution < -0.4 is 5.32 Å². The van der Waals surface area contributed by atoms with E-state index in [0.717, 1.165) is 43.2 Å². The quantitative estimate of drug-likeness (QED) is 0.874. The molecular formula is C16H25N3O2S. The van der Waals surface area contributed by atoms with Gasteiger partial charge in [0.25, 0.3) is 0 Å². The fourth-order valence-electron chi connectivity index (χ4n) is 3.13. The van der Waals surface area contributed by atoms with E-state index in [1.165, 1.54) is 43.7 Å². The van der Waals surface area contributed by atoms with Crippen LogP contribution in [0.15, 0.2) is 5.38 Å². The lowest BCUT2D eigenvalue weighted by Crippen LogP contribution is -2.29. The summed E-state index contributed by atoms with van der Waals surface area (Å²) in [5.41, 5.74) is 1.07. The summed E-state index contributed by atoms with van der Waals surface area (Å²) in [6.07, 6.45) is 7.75. The zero-order valence-electron chi connectivity index (χ0n) is 13.1. The summed E-state index contributed by atoms with van der Waals surface area (Å²) in [5.74, 6) is 0.0503. The fourth-order valence-corrected chi connectivity index (χ4v) is 3.85. The molecule has 5 nitrogen and oxygen atoms in total. The smallest absolute Gasteiger partial charge is 0.226 e. The van der Waals surface area contributed by atoms with Gasteiger partial charge in [-0.2, -0.15) is 0 Å². The van der Waals surface area contributed by atoms with Gasteiger partial charge in [-0.05, 0) is 45.2 Å². The Morgan fingerprint density at radius 3 is 3.00 bits per heavy atom. The first-order valence-corrected chi connectivity index (χ1v) is 9.26. The molecule has 3 heterocycles. The van der Waals surface area contributed by atoms with Gasteiger partial charge >= 0.3 is 0 Å². The predicted molar refractivity (Wildman–Crippen MR) is 88.1 cm³/mol. The molecule has 22 heavy (non-hydrogen) atoms. The van der Waals surface area contributed by atoms with E-state index in [-0.39, 0.29) is 12.0 Å². The van der Waals surface area contributed by atoms with Crippen molar-refractivity contribution < 1.29 is 9.53 Å². The molecule has 1 atom stereocenters. The molecule has 2 aliphatic rings. The Bertz CT molecular complexity index is 479. The molecule has 1 aromatic heterocycles. The van der Waals surface area contributed by atoms with Crippen LogP contribution in [-0.2, 0) is 16.1 Å². The molecule has 122 valence electrons. The number of ether oxygens (including phenoxy) is 1. The lowest BCUT2D eigenvalue weighted by molar-refractivity contribution is -0.116. The summed E-state index contributed by atoms with van der Waals surface area (Å²) in [4.78, 5) is 18.9. The van der Waals surface area contributed by atoms with Crippen LogP contribution in [0.2, 0.25) is 0 Å². The highest BCUT2D eigenvalue weighted by molar-refractivity contribution is 7.13. The number of nitrogens with zero attached hydrogens (tertiary/aromatic N) is 2. The van der Waals surface area contributed by atoms with Crippen molar-refractivity contribution in [1.82, 2.24) is 9.88 Å². The Morgan fingerprint density at radius 1 is 1.36 bits per heavy atom. The van der Waals surface area contributed by atoms with E-state index in [1.807, 2.05) is 0 Å². The molecule has 1 aromatic rings. The number of likely N-dealkylation sites (tertiary alicyclic amines) is 1. The van der Waals surface area contributed by atoms with Gasteiger partial charge in [0.1, 0.15) is 0 Å². The zero-order chi connectivity index (χ0) is 15.2. The van der Waals surface area contributed by atoms with Crippen molar-refractivity contribution in [3.8, 4) is 0 Å². The average molecular weight is 323 g/mol. The molecular weight excluding hydrogens is 298 g/mol. The maximum atomic E-state index is 12.0. The highest BCUT2D eigenvalue weighted by Crippen LogP contribution is 2.20. The molecule has 0 aromatic carbocycles. The van der Waals surface area contributed by atoms with Crippen LogP contribution in [-0.4, -0.2) is 41.6 Å². The number of rotatable bonds is 6. The van der Waals surface area contributed by atoms with Crippen molar-refractivity contribution in [1.29, 1.82) is 0 Å². The third-order valence-corrected chi connectivity index (χ3v) is 5.16. The number of hydrogen-bond acceptors (Lipinski definition) is 5. The van der Waals surface area contributed by atoms with E-state index in [9.17, 15) is 4.79 Å². The second-order valence-electron chi connectivity index (χ2n) is 6.20. The van der Waals surface area contributed by atoms with Gasteiger partial charge in [-0.3, -0.25) is 9.69 Å². The lowest BCUT2D eigenvalue weighted by atomic mass is 10.1. The monoisotopic (exact) mass is 323 g/mol. The van der Waals surface area contributed by atoms with Crippen LogP contribution in [0.25, 0.3) is 0 Å². The molecule has 0 unspecified atom stereocenters. The summed E-state index contributed by atoms with van der Waals surface area (Å²) in [7, 11) is 0. The van der Waals surface area contributed by atoms with E-state index < -0.39 is 0 Å². The van der Waals surface area contributed by atoms with Crippen LogP contribution in [0.5, 0.6) is 0 Å². The number of piperidine rings is 1. The molecule has 2 aliphatic heterocycles. The van der Waals surface area contributed by atoms with Gasteiger partial charge in [-0.25, -0.2) is 4.98 Å². The Balaban J connectivity index is 1.41. The Hall–Kier alpha value is -0.980. The molecule has 6 heteroatoms. The van der Waals surface area contributed by atoms with Gasteiger partial charge in [0.05, 0.1) is 11.8 Å². The molecule has 2 fully saturated rings. The standard InChI is InChI=1S/C16H25N3O2S/c20-15(7-6-14-5-4-10-21-14)18-16-17-13(12-22-16)11-19-8-2-1-3-9-19/h12,14H,1-11H2,(H,17,18,20)/t14-/m0/s1. The minimum absolute atomic E-state index is 0.0503. The van der Waals surface area contributed by atoms with Gasteiger partial charge < -0.3 is 10.1 Å². The number of anilines is 1. The maximum Gasteiger partial charge on any atom is 0.226 e. The summed E-state index contributed by atoms with van der Waals surface area (Å²) >= 11 is 1.52. The molecule has 3 rings (SSSR count).